The fraction of sp³-hybridized carbons (Fsp3) is 0.258. The van der Waals surface area contributed by atoms with Gasteiger partial charge in [-0.3, -0.25) is 9.78 Å². The Morgan fingerprint density at radius 3 is 2.02 bits per heavy atom. The first-order valence-corrected chi connectivity index (χ1v) is 14.8. The average molecular weight is 559 g/mol. The molecule has 0 aliphatic rings. The van der Waals surface area contributed by atoms with Gasteiger partial charge in [-0.2, -0.15) is 0 Å². The summed E-state index contributed by atoms with van der Waals surface area (Å²) in [5.41, 5.74) is 3.67. The van der Waals surface area contributed by atoms with Crippen LogP contribution in [0.15, 0.2) is 102 Å². The molecular formula is C31H34N4O4S. The Hall–Kier alpha value is -4.08. The van der Waals surface area contributed by atoms with Crippen LogP contribution in [0, 0.1) is 0 Å². The summed E-state index contributed by atoms with van der Waals surface area (Å²) in [6.45, 7) is 4.96. The van der Waals surface area contributed by atoms with Gasteiger partial charge in [-0.15, -0.1) is 0 Å². The molecule has 9 heteroatoms. The van der Waals surface area contributed by atoms with E-state index in [1.54, 1.807) is 18.2 Å². The maximum atomic E-state index is 12.3. The first-order valence-electron chi connectivity index (χ1n) is 13.3. The van der Waals surface area contributed by atoms with Crippen LogP contribution in [0.25, 0.3) is 22.5 Å². The van der Waals surface area contributed by atoms with Gasteiger partial charge in [0, 0.05) is 30.3 Å². The number of nitrogens with one attached hydrogen (secondary N) is 1. The summed E-state index contributed by atoms with van der Waals surface area (Å²) in [4.78, 5) is 24.2. The van der Waals surface area contributed by atoms with Gasteiger partial charge in [0.2, 0.25) is 0 Å². The molecule has 1 amide bonds. The standard InChI is InChI=1S/C31H34N4O4S/c1-24(2)35(20-12-13-21-39-23-29(36)34-40(37,38)27-18-10-5-11-19-27)28-22-32-30(25-14-6-3-7-15-25)31(33-28)26-16-8-4-9-17-26/h3-11,14-19,22,24H,12-13,20-21,23H2,1-2H3,(H,34,36). The molecule has 3 aromatic carbocycles. The largest absolute Gasteiger partial charge is 0.372 e. The van der Waals surface area contributed by atoms with E-state index in [0.29, 0.717) is 13.0 Å². The fourth-order valence-electron chi connectivity index (χ4n) is 4.25. The smallest absolute Gasteiger partial charge is 0.264 e. The van der Waals surface area contributed by atoms with E-state index in [2.05, 4.69) is 18.7 Å². The first kappa shape index (κ1) is 28.9. The molecule has 0 bridgehead atoms. The SMILES string of the molecule is CC(C)N(CCCCOCC(=O)NS(=O)(=O)c1ccccc1)c1cnc(-c2ccccc2)c(-c2ccccc2)n1. The molecule has 0 aliphatic carbocycles. The fourth-order valence-corrected chi connectivity index (χ4v) is 5.24. The van der Waals surface area contributed by atoms with E-state index in [1.165, 1.54) is 12.1 Å². The zero-order valence-corrected chi connectivity index (χ0v) is 23.5. The highest BCUT2D eigenvalue weighted by atomic mass is 32.2. The van der Waals surface area contributed by atoms with Crippen molar-refractivity contribution in [1.29, 1.82) is 0 Å². The number of aromatic nitrogens is 2. The molecule has 8 nitrogen and oxygen atoms in total. The molecule has 40 heavy (non-hydrogen) atoms. The highest BCUT2D eigenvalue weighted by Gasteiger charge is 2.18. The Balaban J connectivity index is 1.34. The van der Waals surface area contributed by atoms with Crippen molar-refractivity contribution in [1.82, 2.24) is 14.7 Å². The average Bonchev–Trinajstić information content (AvgIpc) is 2.97. The number of hydrogen-bond donors (Lipinski definition) is 1. The second kappa shape index (κ2) is 13.8. The maximum absolute atomic E-state index is 12.3. The summed E-state index contributed by atoms with van der Waals surface area (Å²) in [6, 6.07) is 28.1. The molecule has 1 aromatic heterocycles. The van der Waals surface area contributed by atoms with Crippen molar-refractivity contribution in [3.05, 3.63) is 97.2 Å². The van der Waals surface area contributed by atoms with Crippen LogP contribution in [0.5, 0.6) is 0 Å². The number of ether oxygens (including phenoxy) is 1. The third-order valence-corrected chi connectivity index (χ3v) is 7.63. The van der Waals surface area contributed by atoms with E-state index in [0.717, 1.165) is 41.3 Å². The van der Waals surface area contributed by atoms with Crippen molar-refractivity contribution in [2.75, 3.05) is 24.7 Å². The summed E-state index contributed by atoms with van der Waals surface area (Å²) in [5.74, 6) is 0.0924. The van der Waals surface area contributed by atoms with Crippen molar-refractivity contribution >= 4 is 21.7 Å². The third kappa shape index (κ3) is 7.74. The Morgan fingerprint density at radius 1 is 0.850 bits per heavy atom. The zero-order chi connectivity index (χ0) is 28.4. The van der Waals surface area contributed by atoms with Gasteiger partial charge in [-0.25, -0.2) is 18.1 Å². The number of carbonyl (C=O) groups is 1. The Morgan fingerprint density at radius 2 is 1.43 bits per heavy atom. The van der Waals surface area contributed by atoms with Crippen LogP contribution < -0.4 is 9.62 Å². The number of anilines is 1. The molecule has 4 aromatic rings. The van der Waals surface area contributed by atoms with Crippen LogP contribution in [-0.4, -0.2) is 50.1 Å². The Kier molecular flexibility index (Phi) is 9.99. The maximum Gasteiger partial charge on any atom is 0.264 e. The number of unbranched alkanes of at least 4 members (excludes halogenated alkanes) is 1. The number of benzene rings is 3. The lowest BCUT2D eigenvalue weighted by Crippen LogP contribution is -2.34. The molecule has 0 saturated heterocycles. The second-order valence-corrected chi connectivity index (χ2v) is 11.2. The van der Waals surface area contributed by atoms with Crippen LogP contribution in [0.1, 0.15) is 26.7 Å². The normalized spacial score (nSPS) is 11.4. The van der Waals surface area contributed by atoms with Gasteiger partial charge in [0.15, 0.2) is 0 Å². The molecule has 0 aliphatic heterocycles. The summed E-state index contributed by atoms with van der Waals surface area (Å²) in [5, 5.41) is 0. The van der Waals surface area contributed by atoms with Gasteiger partial charge >= 0.3 is 0 Å². The van der Waals surface area contributed by atoms with E-state index in [1.807, 2.05) is 71.6 Å². The minimum absolute atomic E-state index is 0.0347. The van der Waals surface area contributed by atoms with Gasteiger partial charge in [-0.05, 0) is 38.8 Å². The Bertz CT molecular complexity index is 1480. The quantitative estimate of drug-likeness (QED) is 0.221. The lowest BCUT2D eigenvalue weighted by atomic mass is 10.0. The number of amides is 1. The Labute approximate surface area is 236 Å². The van der Waals surface area contributed by atoms with Crippen LogP contribution in [0.3, 0.4) is 0 Å². The van der Waals surface area contributed by atoms with E-state index in [9.17, 15) is 13.2 Å². The summed E-state index contributed by atoms with van der Waals surface area (Å²) >= 11 is 0. The predicted octanol–water partition coefficient (Wildman–Crippen LogP) is 5.33. The van der Waals surface area contributed by atoms with Gasteiger partial charge in [0.05, 0.1) is 22.5 Å². The van der Waals surface area contributed by atoms with Crippen LogP contribution in [0.2, 0.25) is 0 Å². The molecule has 1 N–H and O–H groups in total. The highest BCUT2D eigenvalue weighted by Crippen LogP contribution is 2.31. The third-order valence-electron chi connectivity index (χ3n) is 6.24. The van der Waals surface area contributed by atoms with E-state index >= 15 is 0 Å². The summed E-state index contributed by atoms with van der Waals surface area (Å²) < 4.78 is 32.0. The van der Waals surface area contributed by atoms with E-state index in [4.69, 9.17) is 14.7 Å². The van der Waals surface area contributed by atoms with Crippen molar-refractivity contribution in [3.8, 4) is 22.5 Å². The number of sulfonamides is 1. The lowest BCUT2D eigenvalue weighted by molar-refractivity contribution is -0.123. The molecule has 208 valence electrons. The number of rotatable bonds is 13. The summed E-state index contributed by atoms with van der Waals surface area (Å²) in [7, 11) is -3.90. The molecule has 0 radical (unpaired) electrons. The van der Waals surface area contributed by atoms with Crippen molar-refractivity contribution < 1.29 is 17.9 Å². The molecule has 0 saturated carbocycles. The molecular weight excluding hydrogens is 524 g/mol. The van der Waals surface area contributed by atoms with Crippen molar-refractivity contribution in [2.24, 2.45) is 0 Å². The zero-order valence-electron chi connectivity index (χ0n) is 22.7. The minimum atomic E-state index is -3.90. The van der Waals surface area contributed by atoms with Crippen LogP contribution >= 0.6 is 0 Å². The number of hydrogen-bond acceptors (Lipinski definition) is 7. The summed E-state index contributed by atoms with van der Waals surface area (Å²) in [6.07, 6.45) is 3.32. The number of nitrogens with zero attached hydrogens (tertiary/aromatic N) is 3. The lowest BCUT2D eigenvalue weighted by Gasteiger charge is -2.28. The predicted molar refractivity (Wildman–Crippen MR) is 157 cm³/mol. The van der Waals surface area contributed by atoms with Gasteiger partial charge in [-0.1, -0.05) is 78.9 Å². The molecule has 0 atom stereocenters. The molecule has 4 rings (SSSR count). The number of carbonyl (C=O) groups excluding carboxylic acids is 1. The molecule has 0 unspecified atom stereocenters. The monoisotopic (exact) mass is 558 g/mol. The first-order chi connectivity index (χ1) is 19.3. The molecule has 0 spiro atoms. The minimum Gasteiger partial charge on any atom is -0.372 e. The second-order valence-electron chi connectivity index (χ2n) is 9.55. The van der Waals surface area contributed by atoms with E-state index < -0.39 is 15.9 Å². The molecule has 1 heterocycles. The van der Waals surface area contributed by atoms with Crippen LogP contribution in [0.4, 0.5) is 5.82 Å². The van der Waals surface area contributed by atoms with Gasteiger partial charge in [0.1, 0.15) is 12.4 Å². The van der Waals surface area contributed by atoms with Crippen molar-refractivity contribution in [3.63, 3.8) is 0 Å². The van der Waals surface area contributed by atoms with Gasteiger partial charge < -0.3 is 9.64 Å². The molecule has 0 fully saturated rings. The van der Waals surface area contributed by atoms with Gasteiger partial charge in [0.25, 0.3) is 15.9 Å². The topological polar surface area (TPSA) is 101 Å². The van der Waals surface area contributed by atoms with Crippen molar-refractivity contribution in [2.45, 2.75) is 37.6 Å². The van der Waals surface area contributed by atoms with E-state index in [-0.39, 0.29) is 17.5 Å². The van der Waals surface area contributed by atoms with Crippen LogP contribution in [-0.2, 0) is 19.6 Å². The highest BCUT2D eigenvalue weighted by molar-refractivity contribution is 7.90.